The van der Waals surface area contributed by atoms with Crippen LogP contribution in [0.25, 0.3) is 0 Å². The molecule has 0 aromatic heterocycles. The molecule has 1 aliphatic heterocycles. The van der Waals surface area contributed by atoms with E-state index in [1.165, 1.54) is 12.1 Å². The number of benzene rings is 2. The molecule has 5 heteroatoms. The summed E-state index contributed by atoms with van der Waals surface area (Å²) in [4.78, 5) is 0. The lowest BCUT2D eigenvalue weighted by atomic mass is 10.1. The van der Waals surface area contributed by atoms with Gasteiger partial charge in [-0.2, -0.15) is 13.2 Å². The molecule has 1 aliphatic rings. The van der Waals surface area contributed by atoms with Crippen molar-refractivity contribution in [1.29, 1.82) is 0 Å². The number of alkyl halides is 3. The van der Waals surface area contributed by atoms with Gasteiger partial charge in [0, 0.05) is 0 Å². The maximum absolute atomic E-state index is 12.5. The lowest BCUT2D eigenvalue weighted by Gasteiger charge is -2.06. The van der Waals surface area contributed by atoms with Crippen molar-refractivity contribution < 1.29 is 22.6 Å². The quantitative estimate of drug-likeness (QED) is 0.765. The van der Waals surface area contributed by atoms with Gasteiger partial charge in [0.1, 0.15) is 12.2 Å². The van der Waals surface area contributed by atoms with Crippen molar-refractivity contribution in [1.82, 2.24) is 0 Å². The number of hydrogen-bond donors (Lipinski definition) is 0. The van der Waals surface area contributed by atoms with Crippen LogP contribution in [0.5, 0.6) is 0 Å². The van der Waals surface area contributed by atoms with Crippen LogP contribution in [-0.2, 0) is 22.3 Å². The predicted octanol–water partition coefficient (Wildman–Crippen LogP) is 4.36. The lowest BCUT2D eigenvalue weighted by molar-refractivity contribution is -0.137. The largest absolute Gasteiger partial charge is 0.416 e. The van der Waals surface area contributed by atoms with Crippen LogP contribution in [0, 0.1) is 0 Å². The third-order valence-electron chi connectivity index (χ3n) is 3.54. The molecule has 1 fully saturated rings. The maximum atomic E-state index is 12.5. The van der Waals surface area contributed by atoms with Gasteiger partial charge in [0.15, 0.2) is 0 Å². The molecule has 0 spiro atoms. The van der Waals surface area contributed by atoms with Crippen LogP contribution < -0.4 is 0 Å². The number of epoxide rings is 1. The van der Waals surface area contributed by atoms with Gasteiger partial charge in [0.05, 0.1) is 18.8 Å². The first-order chi connectivity index (χ1) is 10.5. The fraction of sp³-hybridized carbons (Fsp3) is 0.294. The second kappa shape index (κ2) is 6.10. The molecule has 0 saturated carbocycles. The van der Waals surface area contributed by atoms with E-state index in [0.29, 0.717) is 13.2 Å². The minimum absolute atomic E-state index is 0.0829. The van der Waals surface area contributed by atoms with Crippen LogP contribution >= 0.6 is 0 Å². The number of hydrogen-bond acceptors (Lipinski definition) is 2. The summed E-state index contributed by atoms with van der Waals surface area (Å²) in [6, 6.07) is 14.9. The van der Waals surface area contributed by atoms with Crippen LogP contribution in [0.2, 0.25) is 0 Å². The molecule has 1 saturated heterocycles. The van der Waals surface area contributed by atoms with E-state index in [1.54, 1.807) is 0 Å². The van der Waals surface area contributed by atoms with Crippen molar-refractivity contribution in [3.63, 3.8) is 0 Å². The first kappa shape index (κ1) is 15.1. The van der Waals surface area contributed by atoms with Gasteiger partial charge >= 0.3 is 6.18 Å². The van der Waals surface area contributed by atoms with E-state index in [-0.39, 0.29) is 12.2 Å². The van der Waals surface area contributed by atoms with Gasteiger partial charge in [-0.15, -0.1) is 0 Å². The topological polar surface area (TPSA) is 21.8 Å². The molecule has 116 valence electrons. The number of ether oxygens (including phenoxy) is 2. The smallest absolute Gasteiger partial charge is 0.374 e. The highest BCUT2D eigenvalue weighted by atomic mass is 19.4. The van der Waals surface area contributed by atoms with Gasteiger partial charge < -0.3 is 9.47 Å². The van der Waals surface area contributed by atoms with Crippen LogP contribution in [0.4, 0.5) is 13.2 Å². The summed E-state index contributed by atoms with van der Waals surface area (Å²) in [5.41, 5.74) is 1.18. The van der Waals surface area contributed by atoms with Crippen LogP contribution in [0.15, 0.2) is 54.6 Å². The van der Waals surface area contributed by atoms with Gasteiger partial charge in [-0.3, -0.25) is 0 Å². The second-order valence-electron chi connectivity index (χ2n) is 5.22. The van der Waals surface area contributed by atoms with E-state index in [4.69, 9.17) is 9.47 Å². The Bertz CT molecular complexity index is 608. The van der Waals surface area contributed by atoms with Crippen molar-refractivity contribution in [3.05, 3.63) is 71.3 Å². The van der Waals surface area contributed by atoms with Gasteiger partial charge in [-0.05, 0) is 23.3 Å². The van der Waals surface area contributed by atoms with Crippen molar-refractivity contribution in [2.45, 2.75) is 25.0 Å². The lowest BCUT2D eigenvalue weighted by Crippen LogP contribution is -2.05. The SMILES string of the molecule is FC(F)(F)c1ccc([C@H]2O[C@@H]2COCc2ccccc2)cc1. The molecule has 1 heterocycles. The fourth-order valence-electron chi connectivity index (χ4n) is 2.29. The standard InChI is InChI=1S/C17H15F3O2/c18-17(19,20)14-8-6-13(7-9-14)16-15(22-16)11-21-10-12-4-2-1-3-5-12/h1-9,15-16H,10-11H2/t15-,16-/m1/s1. The molecule has 2 aromatic carbocycles. The molecular formula is C17H15F3O2. The van der Waals surface area contributed by atoms with Crippen LogP contribution in [-0.4, -0.2) is 12.7 Å². The Morgan fingerprint density at radius 2 is 1.64 bits per heavy atom. The fourth-order valence-corrected chi connectivity index (χ4v) is 2.29. The summed E-state index contributed by atoms with van der Waals surface area (Å²) >= 11 is 0. The molecule has 0 radical (unpaired) electrons. The van der Waals surface area contributed by atoms with E-state index in [0.717, 1.165) is 23.3 Å². The third kappa shape index (κ3) is 3.67. The van der Waals surface area contributed by atoms with E-state index in [9.17, 15) is 13.2 Å². The second-order valence-corrected chi connectivity index (χ2v) is 5.22. The van der Waals surface area contributed by atoms with Gasteiger partial charge in [0.2, 0.25) is 0 Å². The number of rotatable bonds is 5. The Hall–Kier alpha value is -1.85. The summed E-state index contributed by atoms with van der Waals surface area (Å²) in [6.07, 6.45) is -4.56. The molecule has 0 aliphatic carbocycles. The zero-order valence-electron chi connectivity index (χ0n) is 11.7. The zero-order chi connectivity index (χ0) is 15.6. The normalized spacial score (nSPS) is 20.9. The molecule has 0 unspecified atom stereocenters. The first-order valence-corrected chi connectivity index (χ1v) is 6.98. The highest BCUT2D eigenvalue weighted by Crippen LogP contribution is 2.40. The van der Waals surface area contributed by atoms with Gasteiger partial charge in [0.25, 0.3) is 0 Å². The molecule has 0 amide bonds. The molecule has 2 atom stereocenters. The first-order valence-electron chi connectivity index (χ1n) is 6.98. The summed E-state index contributed by atoms with van der Waals surface area (Å²) in [5, 5.41) is 0. The summed E-state index contributed by atoms with van der Waals surface area (Å²) in [5.74, 6) is 0. The average molecular weight is 308 g/mol. The van der Waals surface area contributed by atoms with Gasteiger partial charge in [-0.25, -0.2) is 0 Å². The van der Waals surface area contributed by atoms with E-state index in [2.05, 4.69) is 0 Å². The molecule has 2 nitrogen and oxygen atoms in total. The Balaban J connectivity index is 1.48. The summed E-state index contributed by atoms with van der Waals surface area (Å²) in [6.45, 7) is 0.932. The zero-order valence-corrected chi connectivity index (χ0v) is 11.7. The highest BCUT2D eigenvalue weighted by molar-refractivity contribution is 5.28. The molecule has 0 bridgehead atoms. The Labute approximate surface area is 126 Å². The molecular weight excluding hydrogens is 293 g/mol. The van der Waals surface area contributed by atoms with Crippen LogP contribution in [0.3, 0.4) is 0 Å². The van der Waals surface area contributed by atoms with Crippen molar-refractivity contribution >= 4 is 0 Å². The third-order valence-corrected chi connectivity index (χ3v) is 3.54. The summed E-state index contributed by atoms with van der Waals surface area (Å²) in [7, 11) is 0. The minimum atomic E-state index is -4.30. The highest BCUT2D eigenvalue weighted by Gasteiger charge is 2.40. The van der Waals surface area contributed by atoms with Crippen molar-refractivity contribution in [2.24, 2.45) is 0 Å². The van der Waals surface area contributed by atoms with Crippen molar-refractivity contribution in [2.75, 3.05) is 6.61 Å². The predicted molar refractivity (Wildman–Crippen MR) is 75.2 cm³/mol. The average Bonchev–Trinajstić information content (AvgIpc) is 3.27. The van der Waals surface area contributed by atoms with Gasteiger partial charge in [-0.1, -0.05) is 42.5 Å². The van der Waals surface area contributed by atoms with E-state index < -0.39 is 11.7 Å². The molecule has 22 heavy (non-hydrogen) atoms. The Kier molecular flexibility index (Phi) is 4.18. The molecule has 3 rings (SSSR count). The maximum Gasteiger partial charge on any atom is 0.416 e. The van der Waals surface area contributed by atoms with Crippen LogP contribution in [0.1, 0.15) is 22.8 Å². The molecule has 0 N–H and O–H groups in total. The number of halogens is 3. The van der Waals surface area contributed by atoms with E-state index >= 15 is 0 Å². The monoisotopic (exact) mass is 308 g/mol. The Morgan fingerprint density at radius 1 is 0.955 bits per heavy atom. The molecule has 2 aromatic rings. The Morgan fingerprint density at radius 3 is 2.27 bits per heavy atom. The van der Waals surface area contributed by atoms with E-state index in [1.807, 2.05) is 30.3 Å². The minimum Gasteiger partial charge on any atom is -0.374 e. The van der Waals surface area contributed by atoms with Crippen molar-refractivity contribution in [3.8, 4) is 0 Å². The summed E-state index contributed by atoms with van der Waals surface area (Å²) < 4.78 is 48.5.